The van der Waals surface area contributed by atoms with E-state index < -0.39 is 6.10 Å². The van der Waals surface area contributed by atoms with Gasteiger partial charge in [-0.15, -0.1) is 0 Å². The van der Waals surface area contributed by atoms with Gasteiger partial charge in [0.05, 0.1) is 5.69 Å². The molecule has 130 valence electrons. The molecule has 0 bridgehead atoms. The van der Waals surface area contributed by atoms with Gasteiger partial charge in [-0.25, -0.2) is 9.97 Å². The minimum Gasteiger partial charge on any atom is -0.479 e. The number of carbonyl (C=O) groups excluding carboxylic acids is 2. The molecule has 0 aliphatic carbocycles. The molecule has 0 fully saturated rings. The van der Waals surface area contributed by atoms with Crippen molar-refractivity contribution < 1.29 is 14.3 Å². The van der Waals surface area contributed by atoms with Gasteiger partial charge in [0.15, 0.2) is 6.10 Å². The second-order valence-electron chi connectivity index (χ2n) is 5.50. The molecule has 0 saturated carbocycles. The van der Waals surface area contributed by atoms with Gasteiger partial charge < -0.3 is 15.4 Å². The summed E-state index contributed by atoms with van der Waals surface area (Å²) in [6.07, 6.45) is 2.66. The summed E-state index contributed by atoms with van der Waals surface area (Å²) < 4.78 is 5.56. The monoisotopic (exact) mass is 341 g/mol. The van der Waals surface area contributed by atoms with Crippen LogP contribution in [0.25, 0.3) is 0 Å². The third-order valence-corrected chi connectivity index (χ3v) is 3.67. The van der Waals surface area contributed by atoms with E-state index >= 15 is 0 Å². The van der Waals surface area contributed by atoms with E-state index in [-0.39, 0.29) is 18.4 Å². The van der Waals surface area contributed by atoms with Crippen LogP contribution in [0.2, 0.25) is 0 Å². The van der Waals surface area contributed by atoms with Crippen molar-refractivity contribution in [3.05, 3.63) is 42.7 Å². The molecule has 2 amide bonds. The maximum absolute atomic E-state index is 12.3. The number of nitrogens with zero attached hydrogens (tertiary/aromatic N) is 3. The van der Waals surface area contributed by atoms with Crippen LogP contribution >= 0.6 is 0 Å². The molecule has 0 unspecified atom stereocenters. The maximum atomic E-state index is 12.3. The fourth-order valence-corrected chi connectivity index (χ4v) is 2.49. The van der Waals surface area contributed by atoms with E-state index in [1.807, 2.05) is 6.07 Å². The minimum atomic E-state index is -0.611. The first-order valence-electron chi connectivity index (χ1n) is 8.00. The Labute approximate surface area is 145 Å². The molecule has 3 rings (SSSR count). The van der Waals surface area contributed by atoms with Gasteiger partial charge in [0.2, 0.25) is 11.9 Å². The van der Waals surface area contributed by atoms with Crippen molar-refractivity contribution in [2.75, 3.05) is 29.9 Å². The van der Waals surface area contributed by atoms with E-state index in [1.54, 1.807) is 43.6 Å². The van der Waals surface area contributed by atoms with Crippen LogP contribution in [0.1, 0.15) is 6.92 Å². The minimum absolute atomic E-state index is 0.0502. The van der Waals surface area contributed by atoms with Crippen LogP contribution in [-0.2, 0) is 9.59 Å². The lowest BCUT2D eigenvalue weighted by Crippen LogP contribution is -2.49. The number of hydrogen-bond acceptors (Lipinski definition) is 6. The Morgan fingerprint density at radius 1 is 1.20 bits per heavy atom. The summed E-state index contributed by atoms with van der Waals surface area (Å²) in [4.78, 5) is 34.0. The number of anilines is 2. The predicted octanol–water partition coefficient (Wildman–Crippen LogP) is 0.819. The summed E-state index contributed by atoms with van der Waals surface area (Å²) in [5.41, 5.74) is 0.608. The third kappa shape index (κ3) is 4.03. The van der Waals surface area contributed by atoms with E-state index in [4.69, 9.17) is 4.74 Å². The number of hydrogen-bond donors (Lipinski definition) is 2. The fourth-order valence-electron chi connectivity index (χ4n) is 2.49. The molecular formula is C17H19N5O3. The number of para-hydroxylation sites is 2. The van der Waals surface area contributed by atoms with Gasteiger partial charge in [-0.05, 0) is 25.1 Å². The van der Waals surface area contributed by atoms with Crippen molar-refractivity contribution >= 4 is 23.5 Å². The Balaban J connectivity index is 1.53. The lowest BCUT2D eigenvalue weighted by molar-refractivity contribution is -0.128. The van der Waals surface area contributed by atoms with Gasteiger partial charge in [0, 0.05) is 25.5 Å². The van der Waals surface area contributed by atoms with Crippen LogP contribution in [0.15, 0.2) is 42.7 Å². The lowest BCUT2D eigenvalue weighted by atomic mass is 10.2. The van der Waals surface area contributed by atoms with E-state index in [0.717, 1.165) is 0 Å². The number of rotatable bonds is 6. The highest BCUT2D eigenvalue weighted by atomic mass is 16.5. The SMILES string of the molecule is C[C@H]1Oc2ccccc2N(CC(=O)NCCNc2ncccn2)C1=O. The molecule has 8 nitrogen and oxygen atoms in total. The number of nitrogens with one attached hydrogen (secondary N) is 2. The van der Waals surface area contributed by atoms with Gasteiger partial charge in [0.25, 0.3) is 5.91 Å². The predicted molar refractivity (Wildman–Crippen MR) is 92.4 cm³/mol. The number of carbonyl (C=O) groups is 2. The fraction of sp³-hybridized carbons (Fsp3) is 0.294. The Kier molecular flexibility index (Phi) is 5.08. The van der Waals surface area contributed by atoms with E-state index in [2.05, 4.69) is 20.6 Å². The smallest absolute Gasteiger partial charge is 0.268 e. The molecule has 0 radical (unpaired) electrons. The highest BCUT2D eigenvalue weighted by Gasteiger charge is 2.32. The third-order valence-electron chi connectivity index (χ3n) is 3.67. The molecule has 2 N–H and O–H groups in total. The maximum Gasteiger partial charge on any atom is 0.268 e. The number of ether oxygens (including phenoxy) is 1. The molecule has 1 aromatic carbocycles. The van der Waals surface area contributed by atoms with Crippen molar-refractivity contribution in [2.24, 2.45) is 0 Å². The van der Waals surface area contributed by atoms with Crippen LogP contribution in [0.5, 0.6) is 5.75 Å². The number of amides is 2. The summed E-state index contributed by atoms with van der Waals surface area (Å²) in [7, 11) is 0. The summed E-state index contributed by atoms with van der Waals surface area (Å²) >= 11 is 0. The van der Waals surface area contributed by atoms with Gasteiger partial charge in [-0.3, -0.25) is 14.5 Å². The molecule has 0 spiro atoms. The Morgan fingerprint density at radius 2 is 1.96 bits per heavy atom. The average Bonchev–Trinajstić information content (AvgIpc) is 2.63. The molecule has 8 heteroatoms. The number of aromatic nitrogens is 2. The molecule has 25 heavy (non-hydrogen) atoms. The second kappa shape index (κ2) is 7.61. The van der Waals surface area contributed by atoms with E-state index in [1.165, 1.54) is 4.90 Å². The number of fused-ring (bicyclic) bond motifs is 1. The molecule has 2 heterocycles. The van der Waals surface area contributed by atoms with Crippen LogP contribution in [0, 0.1) is 0 Å². The normalized spacial score (nSPS) is 16.0. The summed E-state index contributed by atoms with van der Waals surface area (Å²) in [5, 5.41) is 5.77. The van der Waals surface area contributed by atoms with Gasteiger partial charge in [-0.1, -0.05) is 12.1 Å². The zero-order valence-electron chi connectivity index (χ0n) is 13.8. The lowest BCUT2D eigenvalue weighted by Gasteiger charge is -2.32. The molecule has 1 aliphatic rings. The first-order chi connectivity index (χ1) is 12.1. The summed E-state index contributed by atoms with van der Waals surface area (Å²) in [6.45, 7) is 2.50. The van der Waals surface area contributed by atoms with Crippen molar-refractivity contribution in [3.8, 4) is 5.75 Å². The Hall–Kier alpha value is -3.16. The molecule has 0 saturated heterocycles. The largest absolute Gasteiger partial charge is 0.479 e. The molecule has 1 atom stereocenters. The van der Waals surface area contributed by atoms with E-state index in [0.29, 0.717) is 30.5 Å². The zero-order chi connectivity index (χ0) is 17.6. The highest BCUT2D eigenvalue weighted by Crippen LogP contribution is 2.33. The summed E-state index contributed by atoms with van der Waals surface area (Å²) in [5.74, 6) is 0.630. The quantitative estimate of drug-likeness (QED) is 0.755. The van der Waals surface area contributed by atoms with Gasteiger partial charge in [-0.2, -0.15) is 0 Å². The van der Waals surface area contributed by atoms with Crippen molar-refractivity contribution in [3.63, 3.8) is 0 Å². The van der Waals surface area contributed by atoms with Gasteiger partial charge >= 0.3 is 0 Å². The summed E-state index contributed by atoms with van der Waals surface area (Å²) in [6, 6.07) is 8.91. The number of benzene rings is 1. The Morgan fingerprint density at radius 3 is 2.76 bits per heavy atom. The van der Waals surface area contributed by atoms with Crippen molar-refractivity contribution in [1.82, 2.24) is 15.3 Å². The zero-order valence-corrected chi connectivity index (χ0v) is 13.8. The van der Waals surface area contributed by atoms with Crippen LogP contribution in [-0.4, -0.2) is 47.5 Å². The first kappa shape index (κ1) is 16.7. The molecule has 2 aromatic rings. The van der Waals surface area contributed by atoms with Crippen molar-refractivity contribution in [1.29, 1.82) is 0 Å². The average molecular weight is 341 g/mol. The topological polar surface area (TPSA) is 96.5 Å². The molecule has 1 aromatic heterocycles. The standard InChI is InChI=1S/C17H19N5O3/c1-12-16(24)22(13-5-2-3-6-14(13)25-12)11-15(23)18-9-10-21-17-19-7-4-8-20-17/h2-8,12H,9-11H2,1H3,(H,18,23)(H,19,20,21)/t12-/m1/s1. The molecule has 1 aliphatic heterocycles. The molecular weight excluding hydrogens is 322 g/mol. The van der Waals surface area contributed by atoms with Gasteiger partial charge in [0.1, 0.15) is 12.3 Å². The van der Waals surface area contributed by atoms with Crippen LogP contribution < -0.4 is 20.3 Å². The first-order valence-corrected chi connectivity index (χ1v) is 8.00. The van der Waals surface area contributed by atoms with E-state index in [9.17, 15) is 9.59 Å². The van der Waals surface area contributed by atoms with Crippen LogP contribution in [0.4, 0.5) is 11.6 Å². The van der Waals surface area contributed by atoms with Crippen molar-refractivity contribution in [2.45, 2.75) is 13.0 Å². The second-order valence-corrected chi connectivity index (χ2v) is 5.50. The highest BCUT2D eigenvalue weighted by molar-refractivity contribution is 6.03. The Bertz CT molecular complexity index is 753. The van der Waals surface area contributed by atoms with Crippen LogP contribution in [0.3, 0.4) is 0 Å².